The molecule has 1 saturated heterocycles. The Morgan fingerprint density at radius 1 is 1.16 bits per heavy atom. The fourth-order valence-corrected chi connectivity index (χ4v) is 6.42. The van der Waals surface area contributed by atoms with Gasteiger partial charge in [0, 0.05) is 24.0 Å². The van der Waals surface area contributed by atoms with E-state index in [0.29, 0.717) is 22.1 Å². The lowest BCUT2D eigenvalue weighted by Crippen LogP contribution is -2.42. The van der Waals surface area contributed by atoms with Gasteiger partial charge >= 0.3 is 5.97 Å². The molecule has 7 heteroatoms. The maximum atomic E-state index is 12.6. The minimum Gasteiger partial charge on any atom is -0.452 e. The van der Waals surface area contributed by atoms with Crippen molar-refractivity contribution in [3.63, 3.8) is 0 Å². The Hall–Kier alpha value is -2.02. The topological polar surface area (TPSA) is 75.7 Å². The Bertz CT molecular complexity index is 824. The van der Waals surface area contributed by atoms with E-state index in [9.17, 15) is 14.4 Å². The molecule has 3 fully saturated rings. The lowest BCUT2D eigenvalue weighted by molar-refractivity contribution is -0.127. The third-order valence-electron chi connectivity index (χ3n) is 7.07. The van der Waals surface area contributed by atoms with E-state index in [1.54, 1.807) is 12.1 Å². The van der Waals surface area contributed by atoms with Crippen LogP contribution in [0.25, 0.3) is 0 Å². The summed E-state index contributed by atoms with van der Waals surface area (Å²) in [5.41, 5.74) is 0.399. The molecule has 6 nitrogen and oxygen atoms in total. The fraction of sp³-hybridized carbons (Fsp3) is 0.625. The standard InChI is InChI=1S/C24H32N2O4S/c1-16(20-13-17-8-9-18(20)12-17)25-22(27)14-30-24(29)19-6-2-3-7-21(19)31-15-23(28)26-10-4-5-11-26/h2-3,6-7,16-18,20H,4-5,8-15H2,1H3,(H,25,27). The van der Waals surface area contributed by atoms with Gasteiger partial charge in [-0.05, 0) is 68.9 Å². The summed E-state index contributed by atoms with van der Waals surface area (Å²) in [6, 6.07) is 7.21. The highest BCUT2D eigenvalue weighted by Gasteiger charge is 2.42. The quantitative estimate of drug-likeness (QED) is 0.491. The molecule has 1 aromatic carbocycles. The molecule has 31 heavy (non-hydrogen) atoms. The summed E-state index contributed by atoms with van der Waals surface area (Å²) in [5, 5.41) is 3.03. The number of amides is 2. The summed E-state index contributed by atoms with van der Waals surface area (Å²) in [5.74, 6) is 1.72. The van der Waals surface area contributed by atoms with Crippen molar-refractivity contribution >= 4 is 29.5 Å². The molecule has 2 aliphatic carbocycles. The molecular weight excluding hydrogens is 412 g/mol. The van der Waals surface area contributed by atoms with Gasteiger partial charge in [0.1, 0.15) is 0 Å². The number of nitrogens with zero attached hydrogens (tertiary/aromatic N) is 1. The van der Waals surface area contributed by atoms with Crippen molar-refractivity contribution in [2.45, 2.75) is 56.4 Å². The molecule has 4 rings (SSSR count). The van der Waals surface area contributed by atoms with Gasteiger partial charge in [0.2, 0.25) is 5.91 Å². The zero-order valence-electron chi connectivity index (χ0n) is 18.2. The molecule has 2 bridgehead atoms. The second-order valence-corrected chi connectivity index (χ2v) is 10.2. The number of hydrogen-bond donors (Lipinski definition) is 1. The van der Waals surface area contributed by atoms with E-state index in [0.717, 1.165) is 37.8 Å². The smallest absolute Gasteiger partial charge is 0.339 e. The number of thioether (sulfide) groups is 1. The third kappa shape index (κ3) is 5.43. The van der Waals surface area contributed by atoms with Gasteiger partial charge in [0.25, 0.3) is 5.91 Å². The number of fused-ring (bicyclic) bond motifs is 2. The normalized spacial score (nSPS) is 25.5. The number of nitrogens with one attached hydrogen (secondary N) is 1. The highest BCUT2D eigenvalue weighted by atomic mass is 32.2. The molecule has 1 N–H and O–H groups in total. The summed E-state index contributed by atoms with van der Waals surface area (Å²) in [4.78, 5) is 39.8. The predicted octanol–water partition coefficient (Wildman–Crippen LogP) is 3.50. The minimum absolute atomic E-state index is 0.0969. The van der Waals surface area contributed by atoms with E-state index in [4.69, 9.17) is 4.74 Å². The van der Waals surface area contributed by atoms with Gasteiger partial charge in [-0.1, -0.05) is 18.6 Å². The molecule has 2 amide bonds. The average Bonchev–Trinajstić information content (AvgIpc) is 3.54. The van der Waals surface area contributed by atoms with Gasteiger partial charge in [-0.3, -0.25) is 9.59 Å². The van der Waals surface area contributed by atoms with Crippen molar-refractivity contribution in [3.05, 3.63) is 29.8 Å². The summed E-state index contributed by atoms with van der Waals surface area (Å²) >= 11 is 1.35. The molecule has 0 spiro atoms. The predicted molar refractivity (Wildman–Crippen MR) is 120 cm³/mol. The summed E-state index contributed by atoms with van der Waals surface area (Å²) in [7, 11) is 0. The molecule has 1 heterocycles. The maximum Gasteiger partial charge on any atom is 0.339 e. The van der Waals surface area contributed by atoms with Crippen LogP contribution in [0.3, 0.4) is 0 Å². The van der Waals surface area contributed by atoms with Crippen LogP contribution >= 0.6 is 11.8 Å². The summed E-state index contributed by atoms with van der Waals surface area (Å²) < 4.78 is 5.30. The van der Waals surface area contributed by atoms with Crippen LogP contribution in [0.15, 0.2) is 29.2 Å². The number of esters is 1. The number of carbonyl (C=O) groups excluding carboxylic acids is 3. The molecular formula is C24H32N2O4S. The Morgan fingerprint density at radius 3 is 2.65 bits per heavy atom. The first kappa shape index (κ1) is 22.2. The van der Waals surface area contributed by atoms with Gasteiger partial charge in [-0.2, -0.15) is 0 Å². The number of hydrogen-bond acceptors (Lipinski definition) is 5. The lowest BCUT2D eigenvalue weighted by Gasteiger charge is -2.28. The van der Waals surface area contributed by atoms with Crippen molar-refractivity contribution < 1.29 is 19.1 Å². The van der Waals surface area contributed by atoms with Crippen LogP contribution in [0.1, 0.15) is 55.8 Å². The first-order valence-corrected chi connectivity index (χ1v) is 12.5. The van der Waals surface area contributed by atoms with Crippen LogP contribution in [-0.2, 0) is 14.3 Å². The van der Waals surface area contributed by atoms with E-state index in [-0.39, 0.29) is 24.5 Å². The molecule has 2 saturated carbocycles. The molecule has 0 radical (unpaired) electrons. The Kier molecular flexibility index (Phi) is 7.20. The van der Waals surface area contributed by atoms with Gasteiger partial charge in [-0.25, -0.2) is 4.79 Å². The first-order chi connectivity index (χ1) is 15.0. The van der Waals surface area contributed by atoms with Crippen LogP contribution in [-0.4, -0.2) is 54.2 Å². The highest BCUT2D eigenvalue weighted by Crippen LogP contribution is 2.49. The molecule has 4 unspecified atom stereocenters. The van der Waals surface area contributed by atoms with E-state index < -0.39 is 5.97 Å². The van der Waals surface area contributed by atoms with Crippen molar-refractivity contribution in [1.82, 2.24) is 10.2 Å². The molecule has 0 aromatic heterocycles. The Morgan fingerprint density at radius 2 is 1.94 bits per heavy atom. The van der Waals surface area contributed by atoms with Crippen LogP contribution < -0.4 is 5.32 Å². The average molecular weight is 445 g/mol. The van der Waals surface area contributed by atoms with E-state index >= 15 is 0 Å². The van der Waals surface area contributed by atoms with Crippen LogP contribution in [0.5, 0.6) is 0 Å². The minimum atomic E-state index is -0.528. The van der Waals surface area contributed by atoms with Crippen molar-refractivity contribution in [2.75, 3.05) is 25.4 Å². The second-order valence-electron chi connectivity index (χ2n) is 9.14. The summed E-state index contributed by atoms with van der Waals surface area (Å²) in [6.45, 7) is 3.42. The number of ether oxygens (including phenoxy) is 1. The molecule has 3 aliphatic rings. The number of benzene rings is 1. The molecule has 4 atom stereocenters. The maximum absolute atomic E-state index is 12.6. The zero-order chi connectivity index (χ0) is 21.8. The third-order valence-corrected chi connectivity index (χ3v) is 8.13. The van der Waals surface area contributed by atoms with E-state index in [1.807, 2.05) is 17.0 Å². The van der Waals surface area contributed by atoms with Crippen molar-refractivity contribution in [3.8, 4) is 0 Å². The van der Waals surface area contributed by atoms with Crippen molar-refractivity contribution in [2.24, 2.45) is 17.8 Å². The lowest BCUT2D eigenvalue weighted by atomic mass is 9.84. The number of likely N-dealkylation sites (tertiary alicyclic amines) is 1. The van der Waals surface area contributed by atoms with Crippen LogP contribution in [0, 0.1) is 17.8 Å². The van der Waals surface area contributed by atoms with Gasteiger partial charge < -0.3 is 15.0 Å². The summed E-state index contributed by atoms with van der Waals surface area (Å²) in [6.07, 6.45) is 7.23. The van der Waals surface area contributed by atoms with Gasteiger partial charge in [0.15, 0.2) is 6.61 Å². The number of rotatable bonds is 8. The molecule has 168 valence electrons. The molecule has 1 aliphatic heterocycles. The second kappa shape index (κ2) is 10.1. The zero-order valence-corrected chi connectivity index (χ0v) is 19.0. The Balaban J connectivity index is 1.25. The largest absolute Gasteiger partial charge is 0.452 e. The monoisotopic (exact) mass is 444 g/mol. The van der Waals surface area contributed by atoms with Gasteiger partial charge in [-0.15, -0.1) is 11.8 Å². The fourth-order valence-electron chi connectivity index (χ4n) is 5.48. The Labute approximate surface area is 188 Å². The van der Waals surface area contributed by atoms with Gasteiger partial charge in [0.05, 0.1) is 11.3 Å². The number of carbonyl (C=O) groups is 3. The van der Waals surface area contributed by atoms with Crippen LogP contribution in [0.2, 0.25) is 0 Å². The highest BCUT2D eigenvalue weighted by molar-refractivity contribution is 8.00. The SMILES string of the molecule is CC(NC(=O)COC(=O)c1ccccc1SCC(=O)N1CCCC1)C1CC2CCC1C2. The van der Waals surface area contributed by atoms with Crippen LogP contribution in [0.4, 0.5) is 0 Å². The van der Waals surface area contributed by atoms with Crippen molar-refractivity contribution in [1.29, 1.82) is 0 Å². The molecule has 1 aromatic rings. The first-order valence-electron chi connectivity index (χ1n) is 11.5. The van der Waals surface area contributed by atoms with E-state index in [1.165, 1.54) is 37.4 Å². The van der Waals surface area contributed by atoms with E-state index in [2.05, 4.69) is 12.2 Å².